The van der Waals surface area contributed by atoms with Gasteiger partial charge in [-0.25, -0.2) is 4.98 Å². The van der Waals surface area contributed by atoms with Crippen molar-refractivity contribution >= 4 is 46.5 Å². The summed E-state index contributed by atoms with van der Waals surface area (Å²) in [6, 6.07) is 11.8. The lowest BCUT2D eigenvalue weighted by molar-refractivity contribution is 0.987. The molecule has 0 saturated heterocycles. The zero-order chi connectivity index (χ0) is 15.8. The molecule has 1 heterocycles. The summed E-state index contributed by atoms with van der Waals surface area (Å²) < 4.78 is 0. The Bertz CT molecular complexity index is 634. The van der Waals surface area contributed by atoms with Gasteiger partial charge in [0.05, 0.1) is 0 Å². The molecule has 0 aliphatic carbocycles. The van der Waals surface area contributed by atoms with Gasteiger partial charge in [-0.15, -0.1) is 0 Å². The van der Waals surface area contributed by atoms with Crippen molar-refractivity contribution in [2.75, 3.05) is 17.6 Å². The van der Waals surface area contributed by atoms with Crippen LogP contribution in [0.15, 0.2) is 42.6 Å². The highest BCUT2D eigenvalue weighted by Crippen LogP contribution is 2.20. The number of hydrogen-bond donors (Lipinski definition) is 2. The molecule has 0 aliphatic rings. The van der Waals surface area contributed by atoms with Gasteiger partial charge < -0.3 is 10.6 Å². The average Bonchev–Trinajstić information content (AvgIpc) is 2.51. The van der Waals surface area contributed by atoms with Gasteiger partial charge in [0, 0.05) is 29.3 Å². The average molecular weight is 352 g/mol. The number of aromatic nitrogens is 1. The minimum atomic E-state index is 0.597. The van der Waals surface area contributed by atoms with E-state index in [0.717, 1.165) is 34.5 Å². The van der Waals surface area contributed by atoms with Crippen LogP contribution in [0.4, 0.5) is 5.82 Å². The van der Waals surface area contributed by atoms with Gasteiger partial charge in [-0.05, 0) is 42.4 Å². The molecular weight excluding hydrogens is 334 g/mol. The van der Waals surface area contributed by atoms with E-state index in [2.05, 4.69) is 21.7 Å². The van der Waals surface area contributed by atoms with E-state index in [9.17, 15) is 0 Å². The smallest absolute Gasteiger partial charge is 0.171 e. The van der Waals surface area contributed by atoms with Crippen molar-refractivity contribution in [2.45, 2.75) is 12.7 Å². The van der Waals surface area contributed by atoms with Gasteiger partial charge in [-0.2, -0.15) is 11.8 Å². The van der Waals surface area contributed by atoms with E-state index < -0.39 is 0 Å². The fraction of sp³-hybridized carbons (Fsp3) is 0.250. The molecule has 22 heavy (non-hydrogen) atoms. The second-order valence-electron chi connectivity index (χ2n) is 4.69. The summed E-state index contributed by atoms with van der Waals surface area (Å²) in [6.07, 6.45) is 1.75. The maximum absolute atomic E-state index is 6.13. The number of nitrogens with zero attached hydrogens (tertiary/aromatic N) is 1. The first-order valence-electron chi connectivity index (χ1n) is 6.94. The molecule has 6 heteroatoms. The largest absolute Gasteiger partial charge is 0.362 e. The van der Waals surface area contributed by atoms with Crippen LogP contribution >= 0.6 is 35.6 Å². The van der Waals surface area contributed by atoms with Crippen LogP contribution < -0.4 is 10.6 Å². The first-order valence-corrected chi connectivity index (χ1v) is 8.88. The van der Waals surface area contributed by atoms with Crippen LogP contribution in [0.5, 0.6) is 0 Å². The Kier molecular flexibility index (Phi) is 6.96. The van der Waals surface area contributed by atoms with E-state index in [0.29, 0.717) is 5.11 Å². The van der Waals surface area contributed by atoms with Gasteiger partial charge in [-0.1, -0.05) is 35.9 Å². The second kappa shape index (κ2) is 8.98. The number of nitrogens with one attached hydrogen (secondary N) is 2. The Balaban J connectivity index is 1.65. The molecule has 116 valence electrons. The fourth-order valence-electron chi connectivity index (χ4n) is 1.80. The molecule has 0 atom stereocenters. The number of halogens is 1. The maximum atomic E-state index is 6.13. The van der Waals surface area contributed by atoms with Crippen LogP contribution in [-0.4, -0.2) is 22.4 Å². The maximum Gasteiger partial charge on any atom is 0.171 e. The van der Waals surface area contributed by atoms with E-state index in [-0.39, 0.29) is 0 Å². The molecule has 0 radical (unpaired) electrons. The highest BCUT2D eigenvalue weighted by atomic mass is 35.5. The zero-order valence-electron chi connectivity index (χ0n) is 12.3. The molecule has 1 aromatic heterocycles. The minimum absolute atomic E-state index is 0.597. The summed E-state index contributed by atoms with van der Waals surface area (Å²) in [5.41, 5.74) is 2.23. The summed E-state index contributed by atoms with van der Waals surface area (Å²) in [4.78, 5) is 4.25. The van der Waals surface area contributed by atoms with Crippen LogP contribution in [0, 0.1) is 6.92 Å². The minimum Gasteiger partial charge on any atom is -0.362 e. The number of thiocarbonyl (C=S) groups is 1. The third kappa shape index (κ3) is 5.48. The molecule has 2 aromatic rings. The second-order valence-corrected chi connectivity index (χ2v) is 6.61. The lowest BCUT2D eigenvalue weighted by Crippen LogP contribution is -2.30. The lowest BCUT2D eigenvalue weighted by atomic mass is 10.2. The predicted molar refractivity (Wildman–Crippen MR) is 101 cm³/mol. The quantitative estimate of drug-likeness (QED) is 0.600. The fourth-order valence-corrected chi connectivity index (χ4v) is 3.15. The summed E-state index contributed by atoms with van der Waals surface area (Å²) >= 11 is 13.2. The van der Waals surface area contributed by atoms with Crippen LogP contribution in [0.25, 0.3) is 0 Å². The van der Waals surface area contributed by atoms with Crippen molar-refractivity contribution in [3.8, 4) is 0 Å². The Morgan fingerprint density at radius 1 is 1.27 bits per heavy atom. The molecule has 0 saturated carbocycles. The highest BCUT2D eigenvalue weighted by Gasteiger charge is 2.02. The Morgan fingerprint density at radius 3 is 2.86 bits per heavy atom. The topological polar surface area (TPSA) is 37.0 Å². The molecule has 3 nitrogen and oxygen atoms in total. The molecule has 0 unspecified atom stereocenters. The SMILES string of the molecule is Cc1cccnc1NC(=S)NCCSCc1ccccc1Cl. The number of thioether (sulfide) groups is 1. The van der Waals surface area contributed by atoms with Crippen molar-refractivity contribution in [3.05, 3.63) is 58.7 Å². The number of hydrogen-bond acceptors (Lipinski definition) is 3. The summed E-state index contributed by atoms with van der Waals surface area (Å²) in [5, 5.41) is 7.71. The zero-order valence-corrected chi connectivity index (χ0v) is 14.7. The van der Waals surface area contributed by atoms with Crippen LogP contribution in [0.2, 0.25) is 5.02 Å². The first-order chi connectivity index (χ1) is 10.7. The summed E-state index contributed by atoms with van der Waals surface area (Å²) in [7, 11) is 0. The molecule has 2 N–H and O–H groups in total. The molecular formula is C16H18ClN3S2. The van der Waals surface area contributed by atoms with E-state index in [4.69, 9.17) is 23.8 Å². The number of pyridine rings is 1. The molecule has 1 aromatic carbocycles. The highest BCUT2D eigenvalue weighted by molar-refractivity contribution is 7.98. The standard InChI is InChI=1S/C16H18ClN3S2/c1-12-5-4-8-18-15(12)20-16(21)19-9-10-22-11-13-6-2-3-7-14(13)17/h2-8H,9-11H2,1H3,(H2,18,19,20,21). The molecule has 0 amide bonds. The molecule has 0 aliphatic heterocycles. The van der Waals surface area contributed by atoms with Gasteiger partial charge >= 0.3 is 0 Å². The van der Waals surface area contributed by atoms with E-state index >= 15 is 0 Å². The normalized spacial score (nSPS) is 10.3. The van der Waals surface area contributed by atoms with Crippen LogP contribution in [-0.2, 0) is 5.75 Å². The monoisotopic (exact) mass is 351 g/mol. The van der Waals surface area contributed by atoms with Crippen molar-refractivity contribution in [2.24, 2.45) is 0 Å². The molecule has 2 rings (SSSR count). The Hall–Kier alpha value is -1.30. The lowest BCUT2D eigenvalue weighted by Gasteiger charge is -2.11. The third-order valence-electron chi connectivity index (χ3n) is 2.99. The van der Waals surface area contributed by atoms with Gasteiger partial charge in [0.1, 0.15) is 5.82 Å². The van der Waals surface area contributed by atoms with Crippen molar-refractivity contribution in [1.29, 1.82) is 0 Å². The van der Waals surface area contributed by atoms with Crippen molar-refractivity contribution in [3.63, 3.8) is 0 Å². The van der Waals surface area contributed by atoms with Gasteiger partial charge in [0.15, 0.2) is 5.11 Å². The van der Waals surface area contributed by atoms with Crippen LogP contribution in [0.3, 0.4) is 0 Å². The predicted octanol–water partition coefficient (Wildman–Crippen LogP) is 4.26. The van der Waals surface area contributed by atoms with Crippen molar-refractivity contribution < 1.29 is 0 Å². The summed E-state index contributed by atoms with van der Waals surface area (Å²) in [5.74, 6) is 2.65. The van der Waals surface area contributed by atoms with Gasteiger partial charge in [0.25, 0.3) is 0 Å². The molecule has 0 spiro atoms. The summed E-state index contributed by atoms with van der Waals surface area (Å²) in [6.45, 7) is 2.80. The molecule has 0 fully saturated rings. The van der Waals surface area contributed by atoms with E-state index in [1.807, 2.05) is 49.0 Å². The van der Waals surface area contributed by atoms with E-state index in [1.165, 1.54) is 5.56 Å². The van der Waals surface area contributed by atoms with Crippen LogP contribution in [0.1, 0.15) is 11.1 Å². The third-order valence-corrected chi connectivity index (χ3v) is 4.61. The first kappa shape index (κ1) is 17.1. The number of anilines is 1. The Morgan fingerprint density at radius 2 is 2.09 bits per heavy atom. The van der Waals surface area contributed by atoms with Gasteiger partial charge in [0.2, 0.25) is 0 Å². The van der Waals surface area contributed by atoms with Crippen molar-refractivity contribution in [1.82, 2.24) is 10.3 Å². The number of aryl methyl sites for hydroxylation is 1. The number of rotatable bonds is 6. The molecule has 0 bridgehead atoms. The van der Waals surface area contributed by atoms with Gasteiger partial charge in [-0.3, -0.25) is 0 Å². The number of benzene rings is 1. The Labute approximate surface area is 145 Å². The van der Waals surface area contributed by atoms with E-state index in [1.54, 1.807) is 6.20 Å².